The van der Waals surface area contributed by atoms with Gasteiger partial charge in [0.2, 0.25) is 0 Å². The van der Waals surface area contributed by atoms with E-state index in [0.717, 1.165) is 16.9 Å². The van der Waals surface area contributed by atoms with Crippen molar-refractivity contribution in [3.05, 3.63) is 89.2 Å². The van der Waals surface area contributed by atoms with Gasteiger partial charge < -0.3 is 10.6 Å². The molecule has 0 atom stereocenters. The van der Waals surface area contributed by atoms with Gasteiger partial charge in [0.25, 0.3) is 5.91 Å². The standard InChI is InChI=1S/C24H27N3O/c1-17-5-7-18(8-6-17)14-26-23(28)19-13-22(16-25-15-19)27-21-11-9-20(10-12-21)24(2,3)4/h5-13,15-16,27H,14H2,1-4H3,(H,26,28). The van der Waals surface area contributed by atoms with Gasteiger partial charge in [-0.05, 0) is 41.7 Å². The van der Waals surface area contributed by atoms with Crippen molar-refractivity contribution in [2.24, 2.45) is 0 Å². The summed E-state index contributed by atoms with van der Waals surface area (Å²) in [5.74, 6) is -0.139. The maximum Gasteiger partial charge on any atom is 0.253 e. The lowest BCUT2D eigenvalue weighted by Crippen LogP contribution is -2.23. The molecule has 2 N–H and O–H groups in total. The Morgan fingerprint density at radius 3 is 2.25 bits per heavy atom. The second-order valence-electron chi connectivity index (χ2n) is 8.08. The maximum atomic E-state index is 12.5. The summed E-state index contributed by atoms with van der Waals surface area (Å²) in [6.07, 6.45) is 3.30. The van der Waals surface area contributed by atoms with Crippen molar-refractivity contribution in [2.45, 2.75) is 39.7 Å². The van der Waals surface area contributed by atoms with Crippen LogP contribution in [0.25, 0.3) is 0 Å². The van der Waals surface area contributed by atoms with Crippen LogP contribution in [0.5, 0.6) is 0 Å². The minimum absolute atomic E-state index is 0.121. The van der Waals surface area contributed by atoms with Crippen LogP contribution >= 0.6 is 0 Å². The van der Waals surface area contributed by atoms with Crippen LogP contribution in [0.2, 0.25) is 0 Å². The number of hydrogen-bond donors (Lipinski definition) is 2. The second kappa shape index (κ2) is 8.26. The van der Waals surface area contributed by atoms with E-state index in [9.17, 15) is 4.79 Å². The predicted molar refractivity (Wildman–Crippen MR) is 115 cm³/mol. The van der Waals surface area contributed by atoms with Crippen molar-refractivity contribution in [3.8, 4) is 0 Å². The van der Waals surface area contributed by atoms with Crippen LogP contribution in [0.1, 0.15) is 47.8 Å². The number of anilines is 2. The molecular weight excluding hydrogens is 346 g/mol. The maximum absolute atomic E-state index is 12.5. The first kappa shape index (κ1) is 19.6. The van der Waals surface area contributed by atoms with Gasteiger partial charge >= 0.3 is 0 Å². The molecule has 0 aliphatic heterocycles. The van der Waals surface area contributed by atoms with E-state index in [4.69, 9.17) is 0 Å². The van der Waals surface area contributed by atoms with Gasteiger partial charge in [0.05, 0.1) is 17.4 Å². The molecule has 4 nitrogen and oxygen atoms in total. The molecule has 2 aromatic carbocycles. The summed E-state index contributed by atoms with van der Waals surface area (Å²) in [7, 11) is 0. The van der Waals surface area contributed by atoms with Crippen LogP contribution in [0.15, 0.2) is 67.0 Å². The minimum atomic E-state index is -0.139. The fraction of sp³-hybridized carbons (Fsp3) is 0.250. The van der Waals surface area contributed by atoms with E-state index in [1.165, 1.54) is 11.1 Å². The number of carbonyl (C=O) groups excluding carboxylic acids is 1. The third kappa shape index (κ3) is 5.19. The average molecular weight is 374 g/mol. The average Bonchev–Trinajstić information content (AvgIpc) is 2.67. The Morgan fingerprint density at radius 2 is 1.61 bits per heavy atom. The SMILES string of the molecule is Cc1ccc(CNC(=O)c2cncc(Nc3ccc(C(C)(C)C)cc3)c2)cc1. The van der Waals surface area contributed by atoms with Gasteiger partial charge in [-0.2, -0.15) is 0 Å². The summed E-state index contributed by atoms with van der Waals surface area (Å²) in [6, 6.07) is 18.3. The molecule has 1 aromatic heterocycles. The number of rotatable bonds is 5. The number of aromatic nitrogens is 1. The molecule has 4 heteroatoms. The van der Waals surface area contributed by atoms with E-state index in [1.54, 1.807) is 12.4 Å². The monoisotopic (exact) mass is 373 g/mol. The van der Waals surface area contributed by atoms with Crippen molar-refractivity contribution in [1.29, 1.82) is 0 Å². The smallest absolute Gasteiger partial charge is 0.253 e. The van der Waals surface area contributed by atoms with E-state index < -0.39 is 0 Å². The van der Waals surface area contributed by atoms with Crippen molar-refractivity contribution >= 4 is 17.3 Å². The summed E-state index contributed by atoms with van der Waals surface area (Å²) in [4.78, 5) is 16.7. The summed E-state index contributed by atoms with van der Waals surface area (Å²) in [5, 5.41) is 6.26. The van der Waals surface area contributed by atoms with Gasteiger partial charge in [0, 0.05) is 18.4 Å². The van der Waals surface area contributed by atoms with Gasteiger partial charge in [-0.25, -0.2) is 0 Å². The zero-order chi connectivity index (χ0) is 20.1. The quantitative estimate of drug-likeness (QED) is 0.633. The molecule has 28 heavy (non-hydrogen) atoms. The van der Waals surface area contributed by atoms with Crippen molar-refractivity contribution < 1.29 is 4.79 Å². The van der Waals surface area contributed by atoms with Crippen molar-refractivity contribution in [3.63, 3.8) is 0 Å². The summed E-state index contributed by atoms with van der Waals surface area (Å²) in [5.41, 5.74) is 5.95. The highest BCUT2D eigenvalue weighted by molar-refractivity contribution is 5.94. The van der Waals surface area contributed by atoms with E-state index in [-0.39, 0.29) is 11.3 Å². The molecule has 0 aliphatic carbocycles. The second-order valence-corrected chi connectivity index (χ2v) is 8.08. The lowest BCUT2D eigenvalue weighted by Gasteiger charge is -2.19. The lowest BCUT2D eigenvalue weighted by molar-refractivity contribution is 0.0950. The molecule has 1 heterocycles. The Labute approximate surface area is 167 Å². The number of hydrogen-bond acceptors (Lipinski definition) is 3. The molecule has 0 fully saturated rings. The highest BCUT2D eigenvalue weighted by Crippen LogP contribution is 2.25. The Morgan fingerprint density at radius 1 is 0.929 bits per heavy atom. The van der Waals surface area contributed by atoms with Gasteiger partial charge in [-0.3, -0.25) is 9.78 Å². The third-order valence-electron chi connectivity index (χ3n) is 4.61. The molecule has 3 rings (SSSR count). The molecule has 0 spiro atoms. The number of aryl methyl sites for hydroxylation is 1. The predicted octanol–water partition coefficient (Wildman–Crippen LogP) is 5.36. The summed E-state index contributed by atoms with van der Waals surface area (Å²) < 4.78 is 0. The van der Waals surface area contributed by atoms with Crippen LogP contribution in [-0.4, -0.2) is 10.9 Å². The molecule has 3 aromatic rings. The largest absolute Gasteiger partial charge is 0.354 e. The Bertz CT molecular complexity index is 939. The number of benzene rings is 2. The van der Waals surface area contributed by atoms with E-state index >= 15 is 0 Å². The number of amides is 1. The highest BCUT2D eigenvalue weighted by atomic mass is 16.1. The first-order valence-corrected chi connectivity index (χ1v) is 9.48. The Balaban J connectivity index is 1.64. The van der Waals surface area contributed by atoms with E-state index in [1.807, 2.05) is 49.4 Å². The fourth-order valence-electron chi connectivity index (χ4n) is 2.84. The van der Waals surface area contributed by atoms with Crippen LogP contribution in [0.4, 0.5) is 11.4 Å². The Hall–Kier alpha value is -3.14. The van der Waals surface area contributed by atoms with Gasteiger partial charge in [0.15, 0.2) is 0 Å². The first-order chi connectivity index (χ1) is 13.3. The summed E-state index contributed by atoms with van der Waals surface area (Å²) >= 11 is 0. The topological polar surface area (TPSA) is 54.0 Å². The Kier molecular flexibility index (Phi) is 5.78. The van der Waals surface area contributed by atoms with Gasteiger partial charge in [0.1, 0.15) is 0 Å². The van der Waals surface area contributed by atoms with E-state index in [2.05, 4.69) is 48.5 Å². The molecule has 0 unspecified atom stereocenters. The zero-order valence-corrected chi connectivity index (χ0v) is 16.9. The fourth-order valence-corrected chi connectivity index (χ4v) is 2.84. The van der Waals surface area contributed by atoms with Gasteiger partial charge in [-0.1, -0.05) is 62.7 Å². The minimum Gasteiger partial charge on any atom is -0.354 e. The van der Waals surface area contributed by atoms with Gasteiger partial charge in [-0.15, -0.1) is 0 Å². The van der Waals surface area contributed by atoms with Crippen molar-refractivity contribution in [2.75, 3.05) is 5.32 Å². The first-order valence-electron chi connectivity index (χ1n) is 9.48. The third-order valence-corrected chi connectivity index (χ3v) is 4.61. The number of carbonyl (C=O) groups is 1. The molecule has 0 saturated heterocycles. The van der Waals surface area contributed by atoms with Crippen LogP contribution in [0, 0.1) is 6.92 Å². The zero-order valence-electron chi connectivity index (χ0n) is 16.9. The van der Waals surface area contributed by atoms with E-state index in [0.29, 0.717) is 12.1 Å². The van der Waals surface area contributed by atoms with Crippen molar-refractivity contribution in [1.82, 2.24) is 10.3 Å². The molecule has 0 radical (unpaired) electrons. The molecular formula is C24H27N3O. The molecule has 0 bridgehead atoms. The lowest BCUT2D eigenvalue weighted by atomic mass is 9.87. The highest BCUT2D eigenvalue weighted by Gasteiger charge is 2.13. The number of pyridine rings is 1. The summed E-state index contributed by atoms with van der Waals surface area (Å²) in [6.45, 7) is 9.11. The number of nitrogens with zero attached hydrogens (tertiary/aromatic N) is 1. The number of nitrogens with one attached hydrogen (secondary N) is 2. The van der Waals surface area contributed by atoms with Crippen LogP contribution in [-0.2, 0) is 12.0 Å². The van der Waals surface area contributed by atoms with Crippen LogP contribution in [0.3, 0.4) is 0 Å². The molecule has 0 saturated carbocycles. The molecule has 1 amide bonds. The van der Waals surface area contributed by atoms with Crippen LogP contribution < -0.4 is 10.6 Å². The molecule has 0 aliphatic rings. The molecule has 144 valence electrons. The normalized spacial score (nSPS) is 11.1.